The molecule has 0 bridgehead atoms. The standard InChI is InChI=1S/C28H23N5O9S3/c1-15-12-26(32-33-28-21-13-18(43(34,35)36)5-3-17(21)4-10-27(28)45(40,41)42)16(2)11-25(15)31-30-24-9-8-23(29)22-14-19(44(37,38)39)6-7-20(22)24/h3-14H,29H2,1-2H3,(H,34,35,36)(H,37,38,39)(H,40,41,42). The Morgan fingerprint density at radius 1 is 0.533 bits per heavy atom. The molecule has 17 heteroatoms. The Balaban J connectivity index is 1.55. The largest absolute Gasteiger partial charge is 0.398 e. The molecule has 0 aliphatic rings. The molecule has 14 nitrogen and oxygen atoms in total. The van der Waals surface area contributed by atoms with Crippen LogP contribution in [0.25, 0.3) is 21.5 Å². The predicted octanol–water partition coefficient (Wildman–Crippen LogP) is 6.76. The smallest absolute Gasteiger partial charge is 0.296 e. The monoisotopic (exact) mass is 669 g/mol. The number of anilines is 1. The molecule has 0 atom stereocenters. The first-order valence-corrected chi connectivity index (χ1v) is 17.0. The molecule has 0 unspecified atom stereocenters. The van der Waals surface area contributed by atoms with Gasteiger partial charge in [-0.3, -0.25) is 13.7 Å². The minimum Gasteiger partial charge on any atom is -0.398 e. The second-order valence-corrected chi connectivity index (χ2v) is 14.2. The molecule has 232 valence electrons. The van der Waals surface area contributed by atoms with Crippen molar-refractivity contribution in [3.8, 4) is 0 Å². The summed E-state index contributed by atoms with van der Waals surface area (Å²) < 4.78 is 99.5. The van der Waals surface area contributed by atoms with Crippen LogP contribution in [0.15, 0.2) is 108 Å². The van der Waals surface area contributed by atoms with Gasteiger partial charge >= 0.3 is 0 Å². The van der Waals surface area contributed by atoms with Crippen molar-refractivity contribution in [2.45, 2.75) is 28.5 Å². The molecular formula is C28H23N5O9S3. The fourth-order valence-electron chi connectivity index (χ4n) is 4.53. The molecule has 0 amide bonds. The van der Waals surface area contributed by atoms with Gasteiger partial charge in [0.2, 0.25) is 0 Å². The van der Waals surface area contributed by atoms with Crippen LogP contribution in [0.3, 0.4) is 0 Å². The van der Waals surface area contributed by atoms with Crippen molar-refractivity contribution in [3.05, 3.63) is 83.9 Å². The molecule has 0 aliphatic heterocycles. The Labute approximate surface area is 257 Å². The Morgan fingerprint density at radius 3 is 1.62 bits per heavy atom. The van der Waals surface area contributed by atoms with Crippen LogP contribution in [0.1, 0.15) is 11.1 Å². The fourth-order valence-corrected chi connectivity index (χ4v) is 6.18. The lowest BCUT2D eigenvalue weighted by Crippen LogP contribution is -2.00. The zero-order valence-electron chi connectivity index (χ0n) is 23.3. The summed E-state index contributed by atoms with van der Waals surface area (Å²) in [6.45, 7) is 3.40. The van der Waals surface area contributed by atoms with Crippen LogP contribution < -0.4 is 5.73 Å². The van der Waals surface area contributed by atoms with Gasteiger partial charge in [-0.15, -0.1) is 10.2 Å². The number of aryl methyl sites for hydroxylation is 2. The molecule has 5 aromatic rings. The van der Waals surface area contributed by atoms with Crippen LogP contribution in [0.2, 0.25) is 0 Å². The van der Waals surface area contributed by atoms with Gasteiger partial charge in [-0.25, -0.2) is 0 Å². The summed E-state index contributed by atoms with van der Waals surface area (Å²) in [7, 11) is -13.9. The average molecular weight is 670 g/mol. The lowest BCUT2D eigenvalue weighted by atomic mass is 10.1. The van der Waals surface area contributed by atoms with Crippen LogP contribution in [0, 0.1) is 13.8 Å². The van der Waals surface area contributed by atoms with E-state index in [4.69, 9.17) is 5.73 Å². The number of azo groups is 2. The van der Waals surface area contributed by atoms with E-state index < -0.39 is 40.1 Å². The van der Waals surface area contributed by atoms with Crippen LogP contribution in [0.4, 0.5) is 28.4 Å². The van der Waals surface area contributed by atoms with Gasteiger partial charge in [0.25, 0.3) is 30.4 Å². The van der Waals surface area contributed by atoms with E-state index in [9.17, 15) is 38.9 Å². The van der Waals surface area contributed by atoms with Gasteiger partial charge in [0.05, 0.1) is 26.9 Å². The quantitative estimate of drug-likeness (QED) is 0.0806. The minimum atomic E-state index is -4.81. The predicted molar refractivity (Wildman–Crippen MR) is 166 cm³/mol. The molecule has 0 spiro atoms. The Morgan fingerprint density at radius 2 is 1.04 bits per heavy atom. The molecule has 5 rings (SSSR count). The van der Waals surface area contributed by atoms with Crippen molar-refractivity contribution in [1.29, 1.82) is 0 Å². The highest BCUT2D eigenvalue weighted by Crippen LogP contribution is 2.38. The van der Waals surface area contributed by atoms with Gasteiger partial charge in [0, 0.05) is 21.8 Å². The summed E-state index contributed by atoms with van der Waals surface area (Å²) in [5, 5.41) is 18.1. The van der Waals surface area contributed by atoms with Crippen molar-refractivity contribution in [1.82, 2.24) is 0 Å². The first-order chi connectivity index (χ1) is 20.9. The molecule has 45 heavy (non-hydrogen) atoms. The number of rotatable bonds is 7. The first-order valence-electron chi connectivity index (χ1n) is 12.7. The fraction of sp³-hybridized carbons (Fsp3) is 0.0714. The van der Waals surface area contributed by atoms with Gasteiger partial charge in [0.1, 0.15) is 10.6 Å². The topological polar surface area (TPSA) is 239 Å². The van der Waals surface area contributed by atoms with E-state index in [1.807, 2.05) is 0 Å². The molecular weight excluding hydrogens is 647 g/mol. The number of nitrogen functional groups attached to an aromatic ring is 1. The van der Waals surface area contributed by atoms with Gasteiger partial charge in [-0.1, -0.05) is 18.2 Å². The van der Waals surface area contributed by atoms with E-state index in [2.05, 4.69) is 20.5 Å². The first kappa shape index (κ1) is 31.8. The average Bonchev–Trinajstić information content (AvgIpc) is 2.95. The van der Waals surface area contributed by atoms with Crippen molar-refractivity contribution < 1.29 is 38.9 Å². The highest BCUT2D eigenvalue weighted by molar-refractivity contribution is 7.86. The normalized spacial score (nSPS) is 13.0. The van der Waals surface area contributed by atoms with Gasteiger partial charge in [-0.05, 0) is 85.0 Å². The zero-order valence-corrected chi connectivity index (χ0v) is 25.8. The Hall–Kier alpha value is -4.65. The number of nitrogens with zero attached hydrogens (tertiary/aromatic N) is 4. The van der Waals surface area contributed by atoms with Crippen molar-refractivity contribution in [2.75, 3.05) is 5.73 Å². The van der Waals surface area contributed by atoms with E-state index in [0.29, 0.717) is 44.3 Å². The van der Waals surface area contributed by atoms with E-state index in [1.165, 1.54) is 36.4 Å². The third kappa shape index (κ3) is 6.58. The summed E-state index contributed by atoms with van der Waals surface area (Å²) in [6, 6.07) is 16.2. The summed E-state index contributed by atoms with van der Waals surface area (Å²) in [6.07, 6.45) is 0. The van der Waals surface area contributed by atoms with E-state index in [-0.39, 0.29) is 21.7 Å². The SMILES string of the molecule is Cc1cc(N=Nc2ccc(N)c3cc(S(=O)(=O)O)ccc23)c(C)cc1N=Nc1c(S(=O)(=O)O)ccc2ccc(S(=O)(=O)O)cc12. The van der Waals surface area contributed by atoms with Gasteiger partial charge < -0.3 is 5.73 Å². The van der Waals surface area contributed by atoms with E-state index in [0.717, 1.165) is 18.2 Å². The zero-order chi connectivity index (χ0) is 32.9. The van der Waals surface area contributed by atoms with Crippen LogP contribution >= 0.6 is 0 Å². The number of hydrogen-bond donors (Lipinski definition) is 4. The molecule has 0 fully saturated rings. The van der Waals surface area contributed by atoms with E-state index in [1.54, 1.807) is 32.0 Å². The third-order valence-electron chi connectivity index (χ3n) is 6.84. The maximum atomic E-state index is 12.1. The van der Waals surface area contributed by atoms with Gasteiger partial charge in [-0.2, -0.15) is 35.5 Å². The Kier molecular flexibility index (Phi) is 8.02. The van der Waals surface area contributed by atoms with Crippen LogP contribution in [-0.2, 0) is 30.4 Å². The maximum absolute atomic E-state index is 12.1. The second kappa shape index (κ2) is 11.4. The molecule has 5 aromatic carbocycles. The summed E-state index contributed by atoms with van der Waals surface area (Å²) in [5.74, 6) is 0. The molecule has 0 radical (unpaired) electrons. The minimum absolute atomic E-state index is 0.00299. The van der Waals surface area contributed by atoms with Crippen molar-refractivity contribution >= 4 is 80.3 Å². The molecule has 0 saturated heterocycles. The highest BCUT2D eigenvalue weighted by Gasteiger charge is 2.21. The van der Waals surface area contributed by atoms with E-state index >= 15 is 0 Å². The number of hydrogen-bond acceptors (Lipinski definition) is 11. The second-order valence-electron chi connectivity index (χ2n) is 9.93. The van der Waals surface area contributed by atoms with Crippen molar-refractivity contribution in [3.63, 3.8) is 0 Å². The van der Waals surface area contributed by atoms with Crippen LogP contribution in [-0.4, -0.2) is 38.9 Å². The number of benzene rings is 5. The summed E-state index contributed by atoms with van der Waals surface area (Å²) >= 11 is 0. The molecule has 5 N–H and O–H groups in total. The highest BCUT2D eigenvalue weighted by atomic mass is 32.2. The van der Waals surface area contributed by atoms with Crippen LogP contribution in [0.5, 0.6) is 0 Å². The number of nitrogens with two attached hydrogens (primary N) is 1. The lowest BCUT2D eigenvalue weighted by molar-refractivity contribution is 0.481. The Bertz CT molecular complexity index is 2440. The molecule has 0 aliphatic carbocycles. The lowest BCUT2D eigenvalue weighted by Gasteiger charge is -2.09. The van der Waals surface area contributed by atoms with Crippen molar-refractivity contribution in [2.24, 2.45) is 20.5 Å². The van der Waals surface area contributed by atoms with Gasteiger partial charge in [0.15, 0.2) is 0 Å². The molecule has 0 saturated carbocycles. The molecule has 0 aromatic heterocycles. The molecule has 0 heterocycles. The summed E-state index contributed by atoms with van der Waals surface area (Å²) in [5.41, 5.74) is 8.19. The number of fused-ring (bicyclic) bond motifs is 2. The third-order valence-corrected chi connectivity index (χ3v) is 9.42. The summed E-state index contributed by atoms with van der Waals surface area (Å²) in [4.78, 5) is -1.45. The maximum Gasteiger partial charge on any atom is 0.296 e.